The summed E-state index contributed by atoms with van der Waals surface area (Å²) < 4.78 is 11.6. The van der Waals surface area contributed by atoms with E-state index >= 15 is 0 Å². The number of hydrogen-bond donors (Lipinski definition) is 1. The van der Waals surface area contributed by atoms with Crippen molar-refractivity contribution in [2.24, 2.45) is 4.99 Å². The summed E-state index contributed by atoms with van der Waals surface area (Å²) in [7, 11) is 0. The maximum atomic E-state index is 12.4. The fourth-order valence-electron chi connectivity index (χ4n) is 3.41. The molecule has 1 N–H and O–H groups in total. The molecule has 0 spiro atoms. The third-order valence-corrected chi connectivity index (χ3v) is 5.24. The summed E-state index contributed by atoms with van der Waals surface area (Å²) in [6.07, 6.45) is 3.16. The van der Waals surface area contributed by atoms with Gasteiger partial charge in [-0.15, -0.1) is 5.06 Å². The van der Waals surface area contributed by atoms with Gasteiger partial charge in [-0.2, -0.15) is 4.99 Å². The van der Waals surface area contributed by atoms with Crippen LogP contribution in [0.3, 0.4) is 0 Å². The van der Waals surface area contributed by atoms with Crippen molar-refractivity contribution in [3.05, 3.63) is 75.5 Å². The number of aliphatic imine (C=N–C) groups is 1. The van der Waals surface area contributed by atoms with Crippen LogP contribution < -0.4 is 9.47 Å². The maximum Gasteiger partial charge on any atom is 0.282 e. The average Bonchev–Trinajstić information content (AvgIpc) is 3.11. The van der Waals surface area contributed by atoms with Crippen LogP contribution in [0.2, 0.25) is 5.02 Å². The third-order valence-electron chi connectivity index (χ3n) is 4.94. The highest BCUT2D eigenvalue weighted by Gasteiger charge is 2.34. The molecular weight excluding hydrogens is 430 g/mol. The summed E-state index contributed by atoms with van der Waals surface area (Å²) >= 11 is 6.37. The first-order valence-electron chi connectivity index (χ1n) is 10.0. The van der Waals surface area contributed by atoms with Crippen molar-refractivity contribution in [3.8, 4) is 11.5 Å². The summed E-state index contributed by atoms with van der Waals surface area (Å²) in [5, 5.41) is 9.89. The monoisotopic (exact) mass is 451 g/mol. The molecule has 0 aliphatic carbocycles. The minimum absolute atomic E-state index is 0.0757. The smallest absolute Gasteiger partial charge is 0.282 e. The van der Waals surface area contributed by atoms with E-state index in [1.807, 2.05) is 32.0 Å². The molecular formula is C24H22ClN3O4. The first-order valence-corrected chi connectivity index (χ1v) is 10.4. The Labute approximate surface area is 191 Å². The standard InChI is InChI=1S/C24H22ClN3O4/c1-14-5-4-6-15(2)22(14)31-10-9-30-20-8-7-17(13-19(20)25)12-18-23(26)28-21(27-24(18)29)11-16(3)32-28/h4-8,11-13,26H,9-10H2,1-3H3/b18-12-,26-23?. The summed E-state index contributed by atoms with van der Waals surface area (Å²) in [6.45, 7) is 6.44. The van der Waals surface area contributed by atoms with Crippen molar-refractivity contribution in [1.29, 1.82) is 5.41 Å². The van der Waals surface area contributed by atoms with Crippen molar-refractivity contribution in [2.45, 2.75) is 20.8 Å². The van der Waals surface area contributed by atoms with Crippen LogP contribution in [-0.2, 0) is 9.63 Å². The number of allylic oxidation sites excluding steroid dienone is 1. The van der Waals surface area contributed by atoms with Gasteiger partial charge in [-0.05, 0) is 55.7 Å². The Morgan fingerprint density at radius 2 is 1.84 bits per heavy atom. The van der Waals surface area contributed by atoms with Crippen LogP contribution in [0.15, 0.2) is 58.8 Å². The number of aryl methyl sites for hydroxylation is 2. The van der Waals surface area contributed by atoms with Gasteiger partial charge >= 0.3 is 0 Å². The summed E-state index contributed by atoms with van der Waals surface area (Å²) in [4.78, 5) is 21.8. The van der Waals surface area contributed by atoms with Crippen molar-refractivity contribution in [3.63, 3.8) is 0 Å². The van der Waals surface area contributed by atoms with Gasteiger partial charge in [-0.3, -0.25) is 10.2 Å². The van der Waals surface area contributed by atoms with Gasteiger partial charge in [-0.25, -0.2) is 0 Å². The average molecular weight is 452 g/mol. The Morgan fingerprint density at radius 3 is 2.56 bits per heavy atom. The fraction of sp³-hybridized carbons (Fsp3) is 0.208. The zero-order valence-corrected chi connectivity index (χ0v) is 18.7. The van der Waals surface area contributed by atoms with E-state index in [2.05, 4.69) is 4.99 Å². The van der Waals surface area contributed by atoms with Crippen LogP contribution in [0.1, 0.15) is 23.6 Å². The zero-order chi connectivity index (χ0) is 22.8. The molecule has 1 amide bonds. The van der Waals surface area contributed by atoms with Crippen LogP contribution >= 0.6 is 11.6 Å². The molecule has 164 valence electrons. The minimum atomic E-state index is -0.504. The third kappa shape index (κ3) is 4.38. The molecule has 2 aromatic carbocycles. The second kappa shape index (κ2) is 8.88. The van der Waals surface area contributed by atoms with E-state index in [-0.39, 0.29) is 11.4 Å². The fourth-order valence-corrected chi connectivity index (χ4v) is 3.66. The van der Waals surface area contributed by atoms with Crippen LogP contribution in [-0.4, -0.2) is 35.9 Å². The van der Waals surface area contributed by atoms with Gasteiger partial charge in [0.1, 0.15) is 30.5 Å². The highest BCUT2D eigenvalue weighted by molar-refractivity contribution is 6.33. The van der Waals surface area contributed by atoms with Crippen LogP contribution in [0.5, 0.6) is 11.5 Å². The Balaban J connectivity index is 1.40. The lowest BCUT2D eigenvalue weighted by molar-refractivity contribution is -0.114. The highest BCUT2D eigenvalue weighted by atomic mass is 35.5. The number of hydrogen-bond acceptors (Lipinski definition) is 5. The lowest BCUT2D eigenvalue weighted by Gasteiger charge is -2.23. The molecule has 0 unspecified atom stereocenters. The quantitative estimate of drug-likeness (QED) is 0.500. The van der Waals surface area contributed by atoms with Gasteiger partial charge in [0.15, 0.2) is 11.7 Å². The second-order valence-electron chi connectivity index (χ2n) is 7.43. The first kappa shape index (κ1) is 21.6. The Hall–Kier alpha value is -3.58. The minimum Gasteiger partial charge on any atom is -0.489 e. The Kier molecular flexibility index (Phi) is 6.01. The lowest BCUT2D eigenvalue weighted by Crippen LogP contribution is -2.38. The van der Waals surface area contributed by atoms with Crippen LogP contribution in [0.4, 0.5) is 0 Å². The molecule has 0 fully saturated rings. The van der Waals surface area contributed by atoms with E-state index < -0.39 is 5.91 Å². The van der Waals surface area contributed by atoms with Gasteiger partial charge in [0.2, 0.25) is 0 Å². The number of nitrogens with zero attached hydrogens (tertiary/aromatic N) is 2. The largest absolute Gasteiger partial charge is 0.489 e. The highest BCUT2D eigenvalue weighted by Crippen LogP contribution is 2.29. The Morgan fingerprint density at radius 1 is 1.12 bits per heavy atom. The number of hydroxylamine groups is 2. The van der Waals surface area contributed by atoms with Crippen molar-refractivity contribution in [1.82, 2.24) is 5.06 Å². The topological polar surface area (TPSA) is 84.2 Å². The first-order chi connectivity index (χ1) is 15.3. The number of nitrogens with one attached hydrogen (secondary N) is 1. The molecule has 0 radical (unpaired) electrons. The van der Waals surface area contributed by atoms with E-state index in [9.17, 15) is 4.79 Å². The SMILES string of the molecule is CC1=CC2=NC(=O)/C(=C\c3ccc(OCCOc4c(C)cccc4C)c(Cl)c3)C(=N)N2O1. The number of rotatable bonds is 6. The maximum absolute atomic E-state index is 12.4. The van der Waals surface area contributed by atoms with E-state index in [0.29, 0.717) is 41.1 Å². The van der Waals surface area contributed by atoms with Crippen molar-refractivity contribution in [2.75, 3.05) is 13.2 Å². The molecule has 2 aliphatic heterocycles. The number of carbonyl (C=O) groups is 1. The van der Waals surface area contributed by atoms with E-state index in [1.54, 1.807) is 37.3 Å². The van der Waals surface area contributed by atoms with Crippen molar-refractivity contribution >= 4 is 35.3 Å². The van der Waals surface area contributed by atoms with Gasteiger partial charge in [0.25, 0.3) is 5.91 Å². The van der Waals surface area contributed by atoms with E-state index in [1.165, 1.54) is 5.06 Å². The van der Waals surface area contributed by atoms with Crippen molar-refractivity contribution < 1.29 is 19.1 Å². The summed E-state index contributed by atoms with van der Waals surface area (Å²) in [6, 6.07) is 11.2. The van der Waals surface area contributed by atoms with Crippen LogP contribution in [0, 0.1) is 19.3 Å². The number of amides is 1. The van der Waals surface area contributed by atoms with Crippen LogP contribution in [0.25, 0.3) is 6.08 Å². The number of amidine groups is 2. The number of para-hydroxylation sites is 1. The molecule has 8 heteroatoms. The Bertz CT molecular complexity index is 1180. The molecule has 32 heavy (non-hydrogen) atoms. The molecule has 2 aliphatic rings. The van der Waals surface area contributed by atoms with E-state index in [0.717, 1.165) is 16.9 Å². The number of halogens is 1. The normalized spacial score (nSPS) is 16.5. The predicted molar refractivity (Wildman–Crippen MR) is 123 cm³/mol. The molecule has 0 bridgehead atoms. The molecule has 0 saturated carbocycles. The molecule has 7 nitrogen and oxygen atoms in total. The molecule has 4 rings (SSSR count). The summed E-state index contributed by atoms with van der Waals surface area (Å²) in [5.74, 6) is 1.66. The molecule has 0 saturated heterocycles. The van der Waals surface area contributed by atoms with Gasteiger partial charge in [0, 0.05) is 6.08 Å². The van der Waals surface area contributed by atoms with E-state index in [4.69, 9.17) is 31.3 Å². The number of ether oxygens (including phenoxy) is 2. The van der Waals surface area contributed by atoms with Gasteiger partial charge in [0.05, 0.1) is 10.6 Å². The lowest BCUT2D eigenvalue weighted by atomic mass is 10.1. The second-order valence-corrected chi connectivity index (χ2v) is 7.84. The molecule has 0 atom stereocenters. The molecule has 2 heterocycles. The molecule has 0 aromatic heterocycles. The number of carbonyl (C=O) groups excluding carboxylic acids is 1. The zero-order valence-electron chi connectivity index (χ0n) is 17.9. The predicted octanol–water partition coefficient (Wildman–Crippen LogP) is 4.87. The number of fused-ring (bicyclic) bond motifs is 1. The number of benzene rings is 2. The summed E-state index contributed by atoms with van der Waals surface area (Å²) in [5.41, 5.74) is 2.91. The molecule has 2 aromatic rings. The van der Waals surface area contributed by atoms with Gasteiger partial charge in [-0.1, -0.05) is 35.9 Å². The van der Waals surface area contributed by atoms with Gasteiger partial charge < -0.3 is 14.3 Å².